The minimum absolute atomic E-state index is 0.0156. The first-order chi connectivity index (χ1) is 14.5. The predicted molar refractivity (Wildman–Crippen MR) is 106 cm³/mol. The number of nitrogens with one attached hydrogen (secondary N) is 1. The van der Waals surface area contributed by atoms with Gasteiger partial charge < -0.3 is 14.2 Å². The molecule has 3 aromatic rings. The van der Waals surface area contributed by atoms with Gasteiger partial charge in [0.05, 0.1) is 13.2 Å². The van der Waals surface area contributed by atoms with Crippen molar-refractivity contribution < 1.29 is 23.8 Å². The Kier molecular flexibility index (Phi) is 6.87. The molecular formula is C21H22N4O5. The van der Waals surface area contributed by atoms with E-state index in [-0.39, 0.29) is 25.6 Å². The molecule has 0 saturated heterocycles. The van der Waals surface area contributed by atoms with Crippen molar-refractivity contribution in [3.8, 4) is 11.1 Å². The number of carbonyl (C=O) groups excluding carboxylic acids is 2. The third-order valence-corrected chi connectivity index (χ3v) is 4.36. The summed E-state index contributed by atoms with van der Waals surface area (Å²) < 4.78 is 15.8. The topological polar surface area (TPSA) is 116 Å². The Hall–Kier alpha value is -3.59. The van der Waals surface area contributed by atoms with Crippen LogP contribution in [-0.4, -0.2) is 44.8 Å². The molecule has 156 valence electrons. The Bertz CT molecular complexity index is 961. The molecule has 0 aliphatic rings. The molecule has 0 bridgehead atoms. The van der Waals surface area contributed by atoms with E-state index in [0.29, 0.717) is 0 Å². The van der Waals surface area contributed by atoms with E-state index < -0.39 is 17.5 Å². The second kappa shape index (κ2) is 9.75. The smallest absolute Gasteiger partial charge is 0.350 e. The number of hydrogen-bond acceptors (Lipinski definition) is 8. The van der Waals surface area contributed by atoms with Gasteiger partial charge in [-0.1, -0.05) is 59.8 Å². The van der Waals surface area contributed by atoms with Crippen LogP contribution in [0.5, 0.6) is 0 Å². The number of aromatic nitrogens is 4. The van der Waals surface area contributed by atoms with Crippen molar-refractivity contribution in [2.24, 2.45) is 0 Å². The molecule has 0 spiro atoms. The molecule has 0 amide bonds. The second-order valence-electron chi connectivity index (χ2n) is 6.51. The van der Waals surface area contributed by atoms with Gasteiger partial charge in [-0.15, -0.1) is 10.2 Å². The summed E-state index contributed by atoms with van der Waals surface area (Å²) in [6, 6.07) is 17.6. The SMILES string of the molecule is CCOC(=O)C(C)(OCc1ccc(-c2ccccc2)cc1)C(=O)OCc1nn[nH]n1. The van der Waals surface area contributed by atoms with Gasteiger partial charge in [0.2, 0.25) is 5.82 Å². The first kappa shape index (κ1) is 21.1. The van der Waals surface area contributed by atoms with Gasteiger partial charge in [0, 0.05) is 0 Å². The molecule has 9 heteroatoms. The Morgan fingerprint density at radius 2 is 1.60 bits per heavy atom. The van der Waals surface area contributed by atoms with Crippen LogP contribution in [0.15, 0.2) is 54.6 Å². The highest BCUT2D eigenvalue weighted by Gasteiger charge is 2.46. The van der Waals surface area contributed by atoms with Gasteiger partial charge in [-0.05, 0) is 30.5 Å². The van der Waals surface area contributed by atoms with Gasteiger partial charge >= 0.3 is 11.9 Å². The molecule has 0 aliphatic carbocycles. The van der Waals surface area contributed by atoms with E-state index in [0.717, 1.165) is 16.7 Å². The summed E-state index contributed by atoms with van der Waals surface area (Å²) in [7, 11) is 0. The number of hydrogen-bond donors (Lipinski definition) is 1. The lowest BCUT2D eigenvalue weighted by atomic mass is 10.0. The summed E-state index contributed by atoms with van der Waals surface area (Å²) in [5.74, 6) is -1.55. The molecule has 3 rings (SSSR count). The zero-order valence-electron chi connectivity index (χ0n) is 16.7. The van der Waals surface area contributed by atoms with Crippen LogP contribution in [0.25, 0.3) is 11.1 Å². The van der Waals surface area contributed by atoms with Crippen molar-refractivity contribution >= 4 is 11.9 Å². The molecule has 30 heavy (non-hydrogen) atoms. The van der Waals surface area contributed by atoms with Gasteiger partial charge in [0.15, 0.2) is 6.61 Å². The average molecular weight is 410 g/mol. The third kappa shape index (κ3) is 5.06. The largest absolute Gasteiger partial charge is 0.463 e. The normalized spacial score (nSPS) is 12.7. The van der Waals surface area contributed by atoms with Crippen molar-refractivity contribution in [2.75, 3.05) is 6.61 Å². The fourth-order valence-corrected chi connectivity index (χ4v) is 2.63. The summed E-state index contributed by atoms with van der Waals surface area (Å²) in [5.41, 5.74) is 0.993. The number of nitrogens with zero attached hydrogens (tertiary/aromatic N) is 3. The van der Waals surface area contributed by atoms with Crippen molar-refractivity contribution in [1.82, 2.24) is 20.6 Å². The maximum Gasteiger partial charge on any atom is 0.350 e. The highest BCUT2D eigenvalue weighted by molar-refractivity contribution is 6.03. The zero-order valence-corrected chi connectivity index (χ0v) is 16.7. The van der Waals surface area contributed by atoms with E-state index in [4.69, 9.17) is 14.2 Å². The Labute approximate surface area is 173 Å². The van der Waals surface area contributed by atoms with Crippen molar-refractivity contribution in [1.29, 1.82) is 0 Å². The molecule has 2 aromatic carbocycles. The maximum absolute atomic E-state index is 12.6. The summed E-state index contributed by atoms with van der Waals surface area (Å²) in [6.07, 6.45) is 0. The number of carbonyl (C=O) groups is 2. The number of rotatable bonds is 9. The number of esters is 2. The molecule has 1 heterocycles. The molecule has 1 atom stereocenters. The van der Waals surface area contributed by atoms with Gasteiger partial charge in [-0.2, -0.15) is 5.21 Å². The quantitative estimate of drug-likeness (QED) is 0.422. The lowest BCUT2D eigenvalue weighted by molar-refractivity contribution is -0.191. The van der Waals surface area contributed by atoms with Crippen LogP contribution >= 0.6 is 0 Å². The van der Waals surface area contributed by atoms with E-state index >= 15 is 0 Å². The first-order valence-electron chi connectivity index (χ1n) is 9.38. The van der Waals surface area contributed by atoms with Gasteiger partial charge in [0.25, 0.3) is 5.60 Å². The lowest BCUT2D eigenvalue weighted by Gasteiger charge is -2.25. The van der Waals surface area contributed by atoms with Crippen LogP contribution in [0.3, 0.4) is 0 Å². The summed E-state index contributed by atoms with van der Waals surface area (Å²) in [4.78, 5) is 25.0. The monoisotopic (exact) mass is 410 g/mol. The molecule has 1 aromatic heterocycles. The number of aromatic amines is 1. The minimum atomic E-state index is -1.93. The predicted octanol–water partition coefficient (Wildman–Crippen LogP) is 2.45. The number of benzene rings is 2. The number of ether oxygens (including phenoxy) is 3. The Balaban J connectivity index is 1.68. The average Bonchev–Trinajstić information content (AvgIpc) is 3.30. The summed E-state index contributed by atoms with van der Waals surface area (Å²) in [6.45, 7) is 2.83. The highest BCUT2D eigenvalue weighted by atomic mass is 16.6. The van der Waals surface area contributed by atoms with Crippen LogP contribution in [0, 0.1) is 0 Å². The van der Waals surface area contributed by atoms with E-state index in [2.05, 4.69) is 20.6 Å². The van der Waals surface area contributed by atoms with Crippen LogP contribution in [0.2, 0.25) is 0 Å². The fraction of sp³-hybridized carbons (Fsp3) is 0.286. The summed E-state index contributed by atoms with van der Waals surface area (Å²) >= 11 is 0. The number of H-pyrrole nitrogens is 1. The van der Waals surface area contributed by atoms with Crippen LogP contribution in [0.4, 0.5) is 0 Å². The first-order valence-corrected chi connectivity index (χ1v) is 9.38. The van der Waals surface area contributed by atoms with E-state index in [1.54, 1.807) is 6.92 Å². The molecule has 1 unspecified atom stereocenters. The molecule has 1 N–H and O–H groups in total. The minimum Gasteiger partial charge on any atom is -0.463 e. The number of tetrazole rings is 1. The maximum atomic E-state index is 12.6. The van der Waals surface area contributed by atoms with Crippen LogP contribution < -0.4 is 0 Å². The zero-order chi connectivity index (χ0) is 21.4. The molecule has 0 radical (unpaired) electrons. The van der Waals surface area contributed by atoms with Gasteiger partial charge in [-0.25, -0.2) is 9.59 Å². The molecule has 0 aliphatic heterocycles. The molecule has 0 fully saturated rings. The molecule has 9 nitrogen and oxygen atoms in total. The van der Waals surface area contributed by atoms with E-state index in [9.17, 15) is 9.59 Å². The van der Waals surface area contributed by atoms with Crippen LogP contribution in [0.1, 0.15) is 25.2 Å². The lowest BCUT2D eigenvalue weighted by Crippen LogP contribution is -2.48. The van der Waals surface area contributed by atoms with E-state index in [1.165, 1.54) is 6.92 Å². The summed E-state index contributed by atoms with van der Waals surface area (Å²) in [5, 5.41) is 13.0. The van der Waals surface area contributed by atoms with Gasteiger partial charge in [0.1, 0.15) is 0 Å². The fourth-order valence-electron chi connectivity index (χ4n) is 2.63. The highest BCUT2D eigenvalue weighted by Crippen LogP contribution is 2.22. The van der Waals surface area contributed by atoms with Crippen LogP contribution in [-0.2, 0) is 37.0 Å². The molecular weight excluding hydrogens is 388 g/mol. The van der Waals surface area contributed by atoms with Crippen molar-refractivity contribution in [2.45, 2.75) is 32.7 Å². The van der Waals surface area contributed by atoms with Crippen molar-refractivity contribution in [3.05, 3.63) is 66.0 Å². The molecule has 0 saturated carbocycles. The van der Waals surface area contributed by atoms with Gasteiger partial charge in [-0.3, -0.25) is 0 Å². The Morgan fingerprint density at radius 1 is 0.933 bits per heavy atom. The third-order valence-electron chi connectivity index (χ3n) is 4.36. The Morgan fingerprint density at radius 3 is 2.23 bits per heavy atom. The van der Waals surface area contributed by atoms with E-state index in [1.807, 2.05) is 54.6 Å². The van der Waals surface area contributed by atoms with Crippen molar-refractivity contribution in [3.63, 3.8) is 0 Å². The second-order valence-corrected chi connectivity index (χ2v) is 6.51. The standard InChI is InChI=1S/C21H22N4O5/c1-3-28-19(26)21(2,20(27)29-14-18-22-24-25-23-18)30-13-15-9-11-17(12-10-15)16-7-5-4-6-8-16/h4-12H,3,13-14H2,1-2H3,(H,22,23,24,25).